The van der Waals surface area contributed by atoms with Gasteiger partial charge < -0.3 is 14.8 Å². The van der Waals surface area contributed by atoms with Crippen molar-refractivity contribution in [2.75, 3.05) is 14.2 Å². The second kappa shape index (κ2) is 6.19. The smallest absolute Gasteiger partial charge is 0.272 e. The fourth-order valence-electron chi connectivity index (χ4n) is 2.55. The number of hydrogen-bond acceptors (Lipinski definition) is 4. The highest BCUT2D eigenvalue weighted by Crippen LogP contribution is 2.18. The molecule has 0 spiro atoms. The monoisotopic (exact) mass is 301 g/mol. The van der Waals surface area contributed by atoms with Crippen LogP contribution in [0.4, 0.5) is 0 Å². The number of nitrogens with one attached hydrogen (secondary N) is 1. The molecule has 0 saturated heterocycles. The van der Waals surface area contributed by atoms with Crippen LogP contribution in [0, 0.1) is 0 Å². The van der Waals surface area contributed by atoms with Crippen LogP contribution >= 0.6 is 0 Å². The first-order valence-electron chi connectivity index (χ1n) is 7.20. The molecule has 6 nitrogen and oxygen atoms in total. The Bertz CT molecular complexity index is 640. The third-order valence-corrected chi connectivity index (χ3v) is 3.85. The number of rotatable bonds is 5. The molecule has 0 radical (unpaired) electrons. The maximum atomic E-state index is 12.2. The third-order valence-electron chi connectivity index (χ3n) is 3.85. The Morgan fingerprint density at radius 1 is 1.36 bits per heavy atom. The fourth-order valence-corrected chi connectivity index (χ4v) is 2.55. The van der Waals surface area contributed by atoms with E-state index in [1.54, 1.807) is 14.2 Å². The zero-order valence-corrected chi connectivity index (χ0v) is 12.7. The fraction of sp³-hybridized carbons (Fsp3) is 0.375. The first-order chi connectivity index (χ1) is 10.7. The molecule has 0 bridgehead atoms. The predicted molar refractivity (Wildman–Crippen MR) is 80.9 cm³/mol. The van der Waals surface area contributed by atoms with Gasteiger partial charge in [0.25, 0.3) is 5.91 Å². The number of carbonyl (C=O) groups excluding carboxylic acids is 1. The molecular weight excluding hydrogens is 282 g/mol. The summed E-state index contributed by atoms with van der Waals surface area (Å²) in [5.41, 5.74) is 2.51. The number of nitrogens with zero attached hydrogens (tertiary/aromatic N) is 2. The van der Waals surface area contributed by atoms with Crippen LogP contribution in [0.5, 0.6) is 5.75 Å². The second-order valence-electron chi connectivity index (χ2n) is 5.30. The summed E-state index contributed by atoms with van der Waals surface area (Å²) in [6.45, 7) is 1.17. The van der Waals surface area contributed by atoms with Crippen LogP contribution in [0.3, 0.4) is 0 Å². The molecule has 1 amide bonds. The van der Waals surface area contributed by atoms with E-state index in [4.69, 9.17) is 9.47 Å². The number of fused-ring (bicyclic) bond motifs is 1. The van der Waals surface area contributed by atoms with Crippen LogP contribution in [-0.2, 0) is 24.2 Å². The molecule has 1 aromatic carbocycles. The van der Waals surface area contributed by atoms with Gasteiger partial charge in [0.15, 0.2) is 0 Å². The molecule has 1 aliphatic rings. The van der Waals surface area contributed by atoms with Crippen molar-refractivity contribution in [3.05, 3.63) is 47.3 Å². The minimum Gasteiger partial charge on any atom is -0.497 e. The van der Waals surface area contributed by atoms with Crippen LogP contribution in [0.1, 0.15) is 21.7 Å². The van der Waals surface area contributed by atoms with E-state index in [1.165, 1.54) is 0 Å². The number of methoxy groups -OCH3 is 2. The Labute approximate surface area is 129 Å². The van der Waals surface area contributed by atoms with Crippen molar-refractivity contribution in [2.24, 2.45) is 0 Å². The molecule has 116 valence electrons. The first-order valence-corrected chi connectivity index (χ1v) is 7.20. The highest BCUT2D eigenvalue weighted by Gasteiger charge is 2.24. The molecule has 2 aromatic rings. The van der Waals surface area contributed by atoms with Gasteiger partial charge in [0, 0.05) is 25.8 Å². The molecule has 6 heteroatoms. The minimum atomic E-state index is -0.160. The quantitative estimate of drug-likeness (QED) is 0.906. The third kappa shape index (κ3) is 2.96. The maximum absolute atomic E-state index is 12.2. The summed E-state index contributed by atoms with van der Waals surface area (Å²) in [6.07, 6.45) is 0.967. The number of hydrogen-bond donors (Lipinski definition) is 1. The zero-order valence-electron chi connectivity index (χ0n) is 12.7. The van der Waals surface area contributed by atoms with Crippen LogP contribution < -0.4 is 10.1 Å². The summed E-state index contributed by atoms with van der Waals surface area (Å²) in [6, 6.07) is 9.43. The van der Waals surface area contributed by atoms with Crippen molar-refractivity contribution >= 4 is 5.91 Å². The molecule has 0 saturated carbocycles. The molecule has 22 heavy (non-hydrogen) atoms. The van der Waals surface area contributed by atoms with Crippen LogP contribution in [-0.4, -0.2) is 36.0 Å². The predicted octanol–water partition coefficient (Wildman–Crippen LogP) is 1.39. The lowest BCUT2D eigenvalue weighted by molar-refractivity contribution is 0.0933. The van der Waals surface area contributed by atoms with Crippen molar-refractivity contribution in [1.82, 2.24) is 15.1 Å². The van der Waals surface area contributed by atoms with Crippen molar-refractivity contribution in [3.63, 3.8) is 0 Å². The highest BCUT2D eigenvalue weighted by molar-refractivity contribution is 5.92. The average Bonchev–Trinajstić information content (AvgIpc) is 3.11. The first kappa shape index (κ1) is 14.6. The molecule has 1 atom stereocenters. The highest BCUT2D eigenvalue weighted by atomic mass is 16.5. The summed E-state index contributed by atoms with van der Waals surface area (Å²) in [5, 5.41) is 7.21. The molecule has 3 rings (SSSR count). The van der Waals surface area contributed by atoms with E-state index < -0.39 is 0 Å². The topological polar surface area (TPSA) is 65.4 Å². The maximum Gasteiger partial charge on any atom is 0.272 e. The summed E-state index contributed by atoms with van der Waals surface area (Å²) >= 11 is 0. The van der Waals surface area contributed by atoms with Gasteiger partial charge in [0.2, 0.25) is 0 Å². The summed E-state index contributed by atoms with van der Waals surface area (Å²) in [5.74, 6) is 0.639. The minimum absolute atomic E-state index is 0.160. The summed E-state index contributed by atoms with van der Waals surface area (Å²) < 4.78 is 12.3. The van der Waals surface area contributed by atoms with Gasteiger partial charge in [-0.3, -0.25) is 9.48 Å². The average molecular weight is 301 g/mol. The van der Waals surface area contributed by atoms with Crippen LogP contribution in [0.15, 0.2) is 30.3 Å². The van der Waals surface area contributed by atoms with E-state index in [0.29, 0.717) is 18.8 Å². The number of benzene rings is 1. The Hall–Kier alpha value is -2.34. The molecule has 2 heterocycles. The second-order valence-corrected chi connectivity index (χ2v) is 5.30. The van der Waals surface area contributed by atoms with E-state index in [-0.39, 0.29) is 12.0 Å². The molecule has 1 N–H and O–H groups in total. The van der Waals surface area contributed by atoms with Crippen molar-refractivity contribution in [3.8, 4) is 5.75 Å². The Kier molecular flexibility index (Phi) is 4.11. The van der Waals surface area contributed by atoms with Crippen molar-refractivity contribution in [1.29, 1.82) is 0 Å². The normalized spacial score (nSPS) is 16.4. The zero-order chi connectivity index (χ0) is 15.5. The van der Waals surface area contributed by atoms with E-state index in [9.17, 15) is 4.79 Å². The van der Waals surface area contributed by atoms with Gasteiger partial charge in [-0.25, -0.2) is 0 Å². The van der Waals surface area contributed by atoms with Crippen LogP contribution in [0.2, 0.25) is 0 Å². The lowest BCUT2D eigenvalue weighted by Gasteiger charge is -2.06. The lowest BCUT2D eigenvalue weighted by atomic mass is 10.2. The molecule has 0 fully saturated rings. The summed E-state index contributed by atoms with van der Waals surface area (Å²) in [7, 11) is 3.32. The van der Waals surface area contributed by atoms with Crippen molar-refractivity contribution < 1.29 is 14.3 Å². The van der Waals surface area contributed by atoms with Gasteiger partial charge in [-0.15, -0.1) is 0 Å². The Balaban J connectivity index is 1.58. The lowest BCUT2D eigenvalue weighted by Crippen LogP contribution is -2.24. The Morgan fingerprint density at radius 3 is 2.77 bits per heavy atom. The van der Waals surface area contributed by atoms with E-state index >= 15 is 0 Å². The van der Waals surface area contributed by atoms with E-state index in [1.807, 2.05) is 35.0 Å². The SMILES string of the molecule is COc1ccc(CNC(=O)c2cc3n(n2)C[C@@H](OC)C3)cc1. The molecular formula is C16H19N3O3. The van der Waals surface area contributed by atoms with Gasteiger partial charge in [-0.1, -0.05) is 12.1 Å². The number of aromatic nitrogens is 2. The van der Waals surface area contributed by atoms with Gasteiger partial charge in [-0.2, -0.15) is 5.10 Å². The molecule has 1 aromatic heterocycles. The Morgan fingerprint density at radius 2 is 2.14 bits per heavy atom. The van der Waals surface area contributed by atoms with Gasteiger partial charge in [0.05, 0.1) is 19.8 Å². The number of ether oxygens (including phenoxy) is 2. The van der Waals surface area contributed by atoms with Gasteiger partial charge in [-0.05, 0) is 23.8 Å². The largest absolute Gasteiger partial charge is 0.497 e. The molecule has 0 aliphatic carbocycles. The van der Waals surface area contributed by atoms with Crippen molar-refractivity contribution in [2.45, 2.75) is 25.6 Å². The molecule has 1 aliphatic heterocycles. The van der Waals surface area contributed by atoms with Gasteiger partial charge in [0.1, 0.15) is 11.4 Å². The number of carbonyl (C=O) groups is 1. The van der Waals surface area contributed by atoms with Crippen LogP contribution in [0.25, 0.3) is 0 Å². The number of amides is 1. The summed E-state index contributed by atoms with van der Waals surface area (Å²) in [4.78, 5) is 12.2. The van der Waals surface area contributed by atoms with E-state index in [2.05, 4.69) is 10.4 Å². The van der Waals surface area contributed by atoms with Gasteiger partial charge >= 0.3 is 0 Å². The standard InChI is InChI=1S/C16H19N3O3/c1-21-13-5-3-11(4-6-13)9-17-16(20)15-8-12-7-14(22-2)10-19(12)18-15/h3-6,8,14H,7,9-10H2,1-2H3,(H,17,20)/t14-/m0/s1. The van der Waals surface area contributed by atoms with E-state index in [0.717, 1.165) is 23.4 Å². The molecule has 0 unspecified atom stereocenters.